The highest BCUT2D eigenvalue weighted by Crippen LogP contribution is 2.41. The number of rotatable bonds is 3. The van der Waals surface area contributed by atoms with Gasteiger partial charge >= 0.3 is 0 Å². The Morgan fingerprint density at radius 1 is 0.556 bits per heavy atom. The van der Waals surface area contributed by atoms with Crippen LogP contribution in [0.3, 0.4) is 0 Å². The fourth-order valence-corrected chi connectivity index (χ4v) is 8.07. The van der Waals surface area contributed by atoms with Gasteiger partial charge in [-0.15, -0.1) is 11.3 Å². The SMILES string of the molecule is c1cc(-c2nccc(-c3cccc4c3sc3ccccc34)n2)cc(-n2c3ccccc3c3cc4c(cc32)oc2ccccc24)c1. The summed E-state index contributed by atoms with van der Waals surface area (Å²) >= 11 is 1.82. The summed E-state index contributed by atoms with van der Waals surface area (Å²) in [6.07, 6.45) is 1.87. The third-order valence-electron chi connectivity index (χ3n) is 8.87. The van der Waals surface area contributed by atoms with Crippen LogP contribution >= 0.6 is 11.3 Å². The molecule has 0 amide bonds. The first kappa shape index (κ1) is 24.6. The number of hydrogen-bond donors (Lipinski definition) is 0. The van der Waals surface area contributed by atoms with E-state index in [4.69, 9.17) is 14.4 Å². The van der Waals surface area contributed by atoms with Crippen LogP contribution < -0.4 is 0 Å². The van der Waals surface area contributed by atoms with Gasteiger partial charge in [-0.3, -0.25) is 0 Å². The van der Waals surface area contributed by atoms with E-state index in [0.717, 1.165) is 55.5 Å². The maximum Gasteiger partial charge on any atom is 0.159 e. The summed E-state index contributed by atoms with van der Waals surface area (Å²) in [5.74, 6) is 0.702. The summed E-state index contributed by atoms with van der Waals surface area (Å²) in [7, 11) is 0. The third-order valence-corrected chi connectivity index (χ3v) is 10.1. The summed E-state index contributed by atoms with van der Waals surface area (Å²) in [5, 5.41) is 7.22. The summed E-state index contributed by atoms with van der Waals surface area (Å²) < 4.78 is 11.2. The number of hydrogen-bond acceptors (Lipinski definition) is 4. The van der Waals surface area contributed by atoms with Crippen molar-refractivity contribution in [3.8, 4) is 28.3 Å². The molecule has 0 fully saturated rings. The van der Waals surface area contributed by atoms with Crippen molar-refractivity contribution in [2.75, 3.05) is 0 Å². The second kappa shape index (κ2) is 9.36. The van der Waals surface area contributed by atoms with Gasteiger partial charge in [0.05, 0.1) is 16.7 Å². The standard InChI is InChI=1S/C40H23N3OS/c1-4-16-34-26(11-1)31-22-32-27-12-2-5-17-36(27)44-37(32)23-35(31)43(34)25-10-7-9-24(21-25)40-41-20-19-33(42-40)30-15-8-14-29-28-13-3-6-18-38(28)45-39(29)30/h1-23H. The van der Waals surface area contributed by atoms with E-state index in [9.17, 15) is 0 Å². The van der Waals surface area contributed by atoms with Crippen molar-refractivity contribution in [1.82, 2.24) is 14.5 Å². The van der Waals surface area contributed by atoms with Crippen LogP contribution in [-0.4, -0.2) is 14.5 Å². The lowest BCUT2D eigenvalue weighted by atomic mass is 10.1. The lowest BCUT2D eigenvalue weighted by Gasteiger charge is -2.10. The molecule has 4 aromatic heterocycles. The van der Waals surface area contributed by atoms with Gasteiger partial charge in [0, 0.05) is 70.8 Å². The Kier molecular flexibility index (Phi) is 5.12. The van der Waals surface area contributed by atoms with Crippen LogP contribution in [0.4, 0.5) is 0 Å². The molecule has 0 saturated heterocycles. The number of fused-ring (bicyclic) bond motifs is 9. The predicted molar refractivity (Wildman–Crippen MR) is 187 cm³/mol. The molecule has 0 spiro atoms. The van der Waals surface area contributed by atoms with Crippen LogP contribution in [0.2, 0.25) is 0 Å². The molecule has 10 aromatic rings. The van der Waals surface area contributed by atoms with E-state index < -0.39 is 0 Å². The summed E-state index contributed by atoms with van der Waals surface area (Å²) in [6.45, 7) is 0. The molecule has 0 radical (unpaired) electrons. The maximum atomic E-state index is 6.31. The zero-order valence-corrected chi connectivity index (χ0v) is 24.8. The molecule has 210 valence electrons. The molecule has 6 aromatic carbocycles. The van der Waals surface area contributed by atoms with Crippen molar-refractivity contribution in [2.45, 2.75) is 0 Å². The predicted octanol–water partition coefficient (Wildman–Crippen LogP) is 11.2. The zero-order valence-electron chi connectivity index (χ0n) is 23.9. The molecule has 0 saturated carbocycles. The van der Waals surface area contributed by atoms with Gasteiger partial charge in [-0.2, -0.15) is 0 Å². The fourth-order valence-electron chi connectivity index (χ4n) is 6.85. The van der Waals surface area contributed by atoms with Gasteiger partial charge in [-0.1, -0.05) is 84.9 Å². The highest BCUT2D eigenvalue weighted by molar-refractivity contribution is 7.26. The van der Waals surface area contributed by atoms with Gasteiger partial charge < -0.3 is 8.98 Å². The van der Waals surface area contributed by atoms with Crippen LogP contribution in [0.1, 0.15) is 0 Å². The van der Waals surface area contributed by atoms with Gasteiger partial charge in [-0.05, 0) is 42.5 Å². The quantitative estimate of drug-likeness (QED) is 0.205. The second-order valence-corrected chi connectivity index (χ2v) is 12.5. The molecule has 0 aliphatic carbocycles. The first-order valence-electron chi connectivity index (χ1n) is 15.0. The second-order valence-electron chi connectivity index (χ2n) is 11.4. The first-order chi connectivity index (χ1) is 22.3. The van der Waals surface area contributed by atoms with Gasteiger partial charge in [0.15, 0.2) is 5.82 Å². The monoisotopic (exact) mass is 593 g/mol. The van der Waals surface area contributed by atoms with E-state index in [1.807, 2.05) is 35.7 Å². The third kappa shape index (κ3) is 3.65. The number of para-hydroxylation sites is 2. The van der Waals surface area contributed by atoms with Crippen molar-refractivity contribution in [3.63, 3.8) is 0 Å². The summed E-state index contributed by atoms with van der Waals surface area (Å²) in [4.78, 5) is 9.86. The number of aromatic nitrogens is 3. The number of nitrogens with zero attached hydrogens (tertiary/aromatic N) is 3. The van der Waals surface area contributed by atoms with Crippen molar-refractivity contribution in [1.29, 1.82) is 0 Å². The van der Waals surface area contributed by atoms with Crippen LogP contribution in [-0.2, 0) is 0 Å². The lowest BCUT2D eigenvalue weighted by molar-refractivity contribution is 0.669. The van der Waals surface area contributed by atoms with Crippen LogP contribution in [0, 0.1) is 0 Å². The van der Waals surface area contributed by atoms with Crippen molar-refractivity contribution >= 4 is 75.3 Å². The average molecular weight is 594 g/mol. The van der Waals surface area contributed by atoms with Crippen molar-refractivity contribution in [3.05, 3.63) is 140 Å². The largest absolute Gasteiger partial charge is 0.456 e. The number of benzene rings is 6. The normalized spacial score (nSPS) is 12.0. The Balaban J connectivity index is 1.15. The Morgan fingerprint density at radius 2 is 1.36 bits per heavy atom. The molecule has 0 N–H and O–H groups in total. The Bertz CT molecular complexity index is 2780. The van der Waals surface area contributed by atoms with E-state index in [0.29, 0.717) is 5.82 Å². The minimum atomic E-state index is 0.702. The van der Waals surface area contributed by atoms with E-state index in [1.165, 1.54) is 30.9 Å². The molecule has 0 aliphatic rings. The highest BCUT2D eigenvalue weighted by Gasteiger charge is 2.17. The molecule has 0 unspecified atom stereocenters. The van der Waals surface area contributed by atoms with E-state index >= 15 is 0 Å². The van der Waals surface area contributed by atoms with E-state index in [1.54, 1.807) is 0 Å². The first-order valence-corrected chi connectivity index (χ1v) is 15.8. The molecule has 10 rings (SSSR count). The zero-order chi connectivity index (χ0) is 29.5. The molecule has 4 heterocycles. The molecule has 0 bridgehead atoms. The molecule has 0 atom stereocenters. The smallest absolute Gasteiger partial charge is 0.159 e. The molecule has 5 heteroatoms. The van der Waals surface area contributed by atoms with Crippen LogP contribution in [0.15, 0.2) is 144 Å². The van der Waals surface area contributed by atoms with Gasteiger partial charge in [-0.25, -0.2) is 9.97 Å². The Hall–Kier alpha value is -5.78. The Labute approximate surface area is 261 Å². The molecular weight excluding hydrogens is 571 g/mol. The van der Waals surface area contributed by atoms with Crippen LogP contribution in [0.25, 0.3) is 92.2 Å². The molecule has 4 nitrogen and oxygen atoms in total. The molecule has 45 heavy (non-hydrogen) atoms. The minimum Gasteiger partial charge on any atom is -0.456 e. The molecular formula is C40H23N3OS. The minimum absolute atomic E-state index is 0.702. The molecule has 0 aliphatic heterocycles. The highest BCUT2D eigenvalue weighted by atomic mass is 32.1. The van der Waals surface area contributed by atoms with Crippen molar-refractivity contribution < 1.29 is 4.42 Å². The lowest BCUT2D eigenvalue weighted by Crippen LogP contribution is -1.96. The van der Waals surface area contributed by atoms with Gasteiger partial charge in [0.2, 0.25) is 0 Å². The number of thiophene rings is 1. The maximum absolute atomic E-state index is 6.31. The average Bonchev–Trinajstić information content (AvgIpc) is 3.76. The summed E-state index contributed by atoms with van der Waals surface area (Å²) in [5.41, 5.74) is 8.11. The van der Waals surface area contributed by atoms with Gasteiger partial charge in [0.1, 0.15) is 11.2 Å². The van der Waals surface area contributed by atoms with Crippen LogP contribution in [0.5, 0.6) is 0 Å². The van der Waals surface area contributed by atoms with E-state index in [2.05, 4.69) is 120 Å². The van der Waals surface area contributed by atoms with E-state index in [-0.39, 0.29) is 0 Å². The van der Waals surface area contributed by atoms with Gasteiger partial charge in [0.25, 0.3) is 0 Å². The fraction of sp³-hybridized carbons (Fsp3) is 0. The van der Waals surface area contributed by atoms with Crippen molar-refractivity contribution in [2.24, 2.45) is 0 Å². The Morgan fingerprint density at radius 3 is 2.31 bits per heavy atom. The topological polar surface area (TPSA) is 43.9 Å². The number of furan rings is 1. The summed E-state index contributed by atoms with van der Waals surface area (Å²) in [6, 6.07) is 46.9.